The van der Waals surface area contributed by atoms with E-state index in [-0.39, 0.29) is 22.4 Å². The summed E-state index contributed by atoms with van der Waals surface area (Å²) in [6, 6.07) is 12.4. The van der Waals surface area contributed by atoms with Gasteiger partial charge in [0.1, 0.15) is 17.2 Å². The van der Waals surface area contributed by atoms with Crippen LogP contribution in [-0.2, 0) is 6.18 Å². The molecule has 2 aromatic carbocycles. The number of amides is 1. The third kappa shape index (κ3) is 4.41. The number of hydrogen-bond donors (Lipinski definition) is 1. The first-order valence-corrected chi connectivity index (χ1v) is 9.38. The highest BCUT2D eigenvalue weighted by atomic mass is 19.4. The largest absolute Gasteiger partial charge is 0.496 e. The van der Waals surface area contributed by atoms with Gasteiger partial charge < -0.3 is 19.8 Å². The molecule has 0 saturated carbocycles. The zero-order valence-electron chi connectivity index (χ0n) is 17.5. The molecule has 1 heterocycles. The van der Waals surface area contributed by atoms with Gasteiger partial charge in [-0.1, -0.05) is 18.2 Å². The van der Waals surface area contributed by atoms with Gasteiger partial charge in [0.25, 0.3) is 5.91 Å². The summed E-state index contributed by atoms with van der Waals surface area (Å²) in [7, 11) is 4.49. The molecule has 3 aromatic rings. The molecule has 0 spiro atoms. The number of para-hydroxylation sites is 2. The van der Waals surface area contributed by atoms with Gasteiger partial charge in [-0.25, -0.2) is 0 Å². The number of methoxy groups -OCH3 is 2. The Hall–Kier alpha value is -3.88. The maximum absolute atomic E-state index is 13.3. The minimum Gasteiger partial charge on any atom is -0.496 e. The maximum atomic E-state index is 13.3. The van der Waals surface area contributed by atoms with Crippen LogP contribution in [0.1, 0.15) is 21.6 Å². The molecule has 0 unspecified atom stereocenters. The fourth-order valence-corrected chi connectivity index (χ4v) is 3.23. The topological polar surface area (TPSA) is 75.5 Å². The van der Waals surface area contributed by atoms with Crippen LogP contribution < -0.4 is 14.4 Å². The number of ether oxygens (including phenoxy) is 2. The summed E-state index contributed by atoms with van der Waals surface area (Å²) >= 11 is 0. The molecule has 0 bridgehead atoms. The van der Waals surface area contributed by atoms with Gasteiger partial charge in [-0.15, -0.1) is 0 Å². The number of hydrogen-bond acceptors (Lipinski definition) is 5. The minimum absolute atomic E-state index is 0.0222. The van der Waals surface area contributed by atoms with Gasteiger partial charge in [0.2, 0.25) is 0 Å². The van der Waals surface area contributed by atoms with E-state index in [0.29, 0.717) is 17.0 Å². The highest BCUT2D eigenvalue weighted by molar-refractivity contribution is 6.09. The smallest absolute Gasteiger partial charge is 0.433 e. The van der Waals surface area contributed by atoms with Crippen molar-refractivity contribution in [1.82, 2.24) is 4.98 Å². The average Bonchev–Trinajstić information content (AvgIpc) is 2.81. The lowest BCUT2D eigenvalue weighted by molar-refractivity contribution is -0.141. The summed E-state index contributed by atoms with van der Waals surface area (Å²) in [5.41, 5.74) is 0.347. The summed E-state index contributed by atoms with van der Waals surface area (Å²) < 4.78 is 49.7. The van der Waals surface area contributed by atoms with E-state index in [9.17, 15) is 18.0 Å². The van der Waals surface area contributed by atoms with Crippen molar-refractivity contribution in [3.8, 4) is 22.6 Å². The van der Waals surface area contributed by atoms with Crippen molar-refractivity contribution in [1.29, 1.82) is 5.41 Å². The normalized spacial score (nSPS) is 11.1. The standard InChI is InChI=1S/C23H20F3N3O3/c1-29(18-6-4-5-7-20(18)32-3)22(30)16-10-14(8-9-19(16)31-2)17-13-28-21(23(24,25)26)11-15(17)12-27/h4-13,27H,1-3H3. The van der Waals surface area contributed by atoms with Crippen molar-refractivity contribution in [2.24, 2.45) is 0 Å². The van der Waals surface area contributed by atoms with Gasteiger partial charge in [0.15, 0.2) is 0 Å². The summed E-state index contributed by atoms with van der Waals surface area (Å²) in [4.78, 5) is 18.2. The molecule has 166 valence electrons. The molecule has 0 saturated heterocycles. The SMILES string of the molecule is COc1ccc(-c2cnc(C(F)(F)F)cc2C=N)cc1C(=O)N(C)c1ccccc1OC. The fourth-order valence-electron chi connectivity index (χ4n) is 3.23. The third-order valence-corrected chi connectivity index (χ3v) is 4.87. The summed E-state index contributed by atoms with van der Waals surface area (Å²) in [5.74, 6) is 0.373. The lowest BCUT2D eigenvalue weighted by Crippen LogP contribution is -2.27. The third-order valence-electron chi connectivity index (χ3n) is 4.87. The van der Waals surface area contributed by atoms with Crippen LogP contribution in [0.3, 0.4) is 0 Å². The Kier molecular flexibility index (Phi) is 6.47. The summed E-state index contributed by atoms with van der Waals surface area (Å²) in [5, 5.41) is 7.54. The molecule has 3 rings (SSSR count). The molecule has 0 radical (unpaired) electrons. The molecular weight excluding hydrogens is 423 g/mol. The highest BCUT2D eigenvalue weighted by Crippen LogP contribution is 2.34. The molecule has 0 aliphatic carbocycles. The Morgan fingerprint density at radius 3 is 2.38 bits per heavy atom. The summed E-state index contributed by atoms with van der Waals surface area (Å²) in [6.45, 7) is 0. The molecule has 6 nitrogen and oxygen atoms in total. The van der Waals surface area contributed by atoms with Crippen molar-refractivity contribution < 1.29 is 27.4 Å². The fraction of sp³-hybridized carbons (Fsp3) is 0.174. The Morgan fingerprint density at radius 2 is 1.75 bits per heavy atom. The van der Waals surface area contributed by atoms with Gasteiger partial charge in [0, 0.05) is 30.6 Å². The molecule has 1 amide bonds. The summed E-state index contributed by atoms with van der Waals surface area (Å²) in [6.07, 6.45) is -2.77. The molecule has 1 N–H and O–H groups in total. The van der Waals surface area contributed by atoms with Gasteiger partial charge in [-0.05, 0) is 35.9 Å². The second kappa shape index (κ2) is 9.09. The first kappa shape index (κ1) is 22.8. The molecule has 0 fully saturated rings. The van der Waals surface area contributed by atoms with Crippen molar-refractivity contribution in [3.05, 3.63) is 71.5 Å². The minimum atomic E-state index is -4.63. The number of nitrogens with zero attached hydrogens (tertiary/aromatic N) is 2. The lowest BCUT2D eigenvalue weighted by Gasteiger charge is -2.21. The Bertz CT molecular complexity index is 1160. The van der Waals surface area contributed by atoms with E-state index in [2.05, 4.69) is 4.98 Å². The van der Waals surface area contributed by atoms with E-state index < -0.39 is 17.8 Å². The number of benzene rings is 2. The van der Waals surface area contributed by atoms with Crippen LogP contribution in [0.2, 0.25) is 0 Å². The van der Waals surface area contributed by atoms with Gasteiger partial charge in [0.05, 0.1) is 25.5 Å². The first-order chi connectivity index (χ1) is 15.2. The molecule has 32 heavy (non-hydrogen) atoms. The first-order valence-electron chi connectivity index (χ1n) is 9.38. The van der Waals surface area contributed by atoms with Gasteiger partial charge in [-0.3, -0.25) is 9.78 Å². The van der Waals surface area contributed by atoms with Crippen molar-refractivity contribution >= 4 is 17.8 Å². The monoisotopic (exact) mass is 443 g/mol. The van der Waals surface area contributed by atoms with E-state index in [1.165, 1.54) is 25.2 Å². The van der Waals surface area contributed by atoms with Crippen LogP contribution in [0.4, 0.5) is 18.9 Å². The number of alkyl halides is 3. The maximum Gasteiger partial charge on any atom is 0.433 e. The van der Waals surface area contributed by atoms with Crippen molar-refractivity contribution in [2.75, 3.05) is 26.2 Å². The van der Waals surface area contributed by atoms with E-state index in [4.69, 9.17) is 14.9 Å². The second-order valence-corrected chi connectivity index (χ2v) is 6.75. The molecule has 1 aromatic heterocycles. The Labute approximate surface area is 182 Å². The van der Waals surface area contributed by atoms with Crippen molar-refractivity contribution in [2.45, 2.75) is 6.18 Å². The van der Waals surface area contributed by atoms with Crippen LogP contribution in [0.15, 0.2) is 54.7 Å². The predicted molar refractivity (Wildman–Crippen MR) is 115 cm³/mol. The number of aromatic nitrogens is 1. The Morgan fingerprint density at radius 1 is 1.06 bits per heavy atom. The number of halogens is 3. The van der Waals surface area contributed by atoms with Crippen LogP contribution >= 0.6 is 0 Å². The molecule has 0 aliphatic heterocycles. The van der Waals surface area contributed by atoms with E-state index in [0.717, 1.165) is 18.5 Å². The highest BCUT2D eigenvalue weighted by Gasteiger charge is 2.33. The van der Waals surface area contributed by atoms with Crippen LogP contribution in [0, 0.1) is 5.41 Å². The molecule has 0 atom stereocenters. The average molecular weight is 443 g/mol. The number of nitrogens with one attached hydrogen (secondary N) is 1. The molecule has 9 heteroatoms. The van der Waals surface area contributed by atoms with Gasteiger partial charge >= 0.3 is 6.18 Å². The van der Waals surface area contributed by atoms with E-state index >= 15 is 0 Å². The predicted octanol–water partition coefficient (Wildman–Crippen LogP) is 5.06. The lowest BCUT2D eigenvalue weighted by atomic mass is 9.98. The number of carbonyl (C=O) groups excluding carboxylic acids is 1. The number of rotatable bonds is 6. The quantitative estimate of drug-likeness (QED) is 0.541. The number of pyridine rings is 1. The van der Waals surface area contributed by atoms with Crippen LogP contribution in [-0.4, -0.2) is 38.4 Å². The Balaban J connectivity index is 2.08. The number of anilines is 1. The van der Waals surface area contributed by atoms with E-state index in [1.54, 1.807) is 43.4 Å². The van der Waals surface area contributed by atoms with Crippen LogP contribution in [0.5, 0.6) is 11.5 Å². The molecular formula is C23H20F3N3O3. The zero-order chi connectivity index (χ0) is 23.5. The van der Waals surface area contributed by atoms with Gasteiger partial charge in [-0.2, -0.15) is 13.2 Å². The second-order valence-electron chi connectivity index (χ2n) is 6.75. The zero-order valence-corrected chi connectivity index (χ0v) is 17.5. The van der Waals surface area contributed by atoms with Crippen molar-refractivity contribution in [3.63, 3.8) is 0 Å². The van der Waals surface area contributed by atoms with Crippen LogP contribution in [0.25, 0.3) is 11.1 Å². The molecule has 0 aliphatic rings. The van der Waals surface area contributed by atoms with E-state index in [1.807, 2.05) is 0 Å². The number of carbonyl (C=O) groups is 1.